The van der Waals surface area contributed by atoms with Crippen molar-refractivity contribution in [3.8, 4) is 17.2 Å². The summed E-state index contributed by atoms with van der Waals surface area (Å²) < 4.78 is 33.6. The van der Waals surface area contributed by atoms with E-state index in [2.05, 4.69) is 83.5 Å². The van der Waals surface area contributed by atoms with E-state index in [0.717, 1.165) is 141 Å². The van der Waals surface area contributed by atoms with Gasteiger partial charge >= 0.3 is 0 Å². The number of alkyl halides is 2. The summed E-state index contributed by atoms with van der Waals surface area (Å²) in [5.41, 5.74) is 8.12. The van der Waals surface area contributed by atoms with Crippen molar-refractivity contribution in [3.05, 3.63) is 101 Å². The molecule has 4 fully saturated rings. The number of piperidine rings is 3. The first-order valence-corrected chi connectivity index (χ1v) is 27.9. The Morgan fingerprint density at radius 3 is 2.44 bits per heavy atom. The topological polar surface area (TPSA) is 152 Å². The minimum Gasteiger partial charge on any atom is -0.368 e. The van der Waals surface area contributed by atoms with Gasteiger partial charge < -0.3 is 29.4 Å². The van der Waals surface area contributed by atoms with Crippen LogP contribution in [-0.4, -0.2) is 133 Å². The highest BCUT2D eigenvalue weighted by Crippen LogP contribution is 2.48. The lowest BCUT2D eigenvalue weighted by Gasteiger charge is -2.46. The third-order valence-electron chi connectivity index (χ3n) is 18.5. The van der Waals surface area contributed by atoms with Crippen LogP contribution >= 0.6 is 0 Å². The molecule has 18 heteroatoms. The minimum atomic E-state index is -2.66. The molecule has 0 radical (unpaired) electrons. The summed E-state index contributed by atoms with van der Waals surface area (Å²) >= 11 is 0. The maximum atomic E-state index is 14.8. The molecule has 12 rings (SSSR count). The van der Waals surface area contributed by atoms with Crippen molar-refractivity contribution < 1.29 is 18.4 Å². The molecule has 2 atom stereocenters. The summed E-state index contributed by atoms with van der Waals surface area (Å²) in [5, 5.41) is 29.6. The Balaban J connectivity index is 0.665. The van der Waals surface area contributed by atoms with E-state index in [4.69, 9.17) is 5.10 Å². The van der Waals surface area contributed by atoms with E-state index in [1.54, 1.807) is 43.3 Å². The van der Waals surface area contributed by atoms with Crippen molar-refractivity contribution in [2.45, 2.75) is 111 Å². The number of halogens is 2. The zero-order valence-electron chi connectivity index (χ0n) is 45.1. The average Bonchev–Trinajstić information content (AvgIpc) is 4.23. The largest absolute Gasteiger partial charge is 0.368 e. The van der Waals surface area contributed by atoms with Crippen LogP contribution in [0.5, 0.6) is 0 Å². The van der Waals surface area contributed by atoms with E-state index in [1.807, 2.05) is 40.1 Å². The van der Waals surface area contributed by atoms with Gasteiger partial charge in [0.25, 0.3) is 12.3 Å². The van der Waals surface area contributed by atoms with Gasteiger partial charge in [0, 0.05) is 143 Å². The molecule has 16 nitrogen and oxygen atoms in total. The average molecular weight is 1050 g/mol. The molecule has 4 aromatic heterocycles. The van der Waals surface area contributed by atoms with Gasteiger partial charge in [0.15, 0.2) is 17.3 Å². The van der Waals surface area contributed by atoms with E-state index in [1.165, 1.54) is 0 Å². The first kappa shape index (κ1) is 50.8. The van der Waals surface area contributed by atoms with Crippen molar-refractivity contribution in [1.82, 2.24) is 49.4 Å². The third kappa shape index (κ3) is 9.45. The summed E-state index contributed by atoms with van der Waals surface area (Å²) in [5.74, 6) is 1.96. The Morgan fingerprint density at radius 1 is 0.909 bits per heavy atom. The van der Waals surface area contributed by atoms with Gasteiger partial charge in [-0.1, -0.05) is 13.8 Å². The molecule has 6 aromatic rings. The number of rotatable bonds is 9. The van der Waals surface area contributed by atoms with Gasteiger partial charge in [-0.05, 0) is 135 Å². The first-order valence-electron chi connectivity index (χ1n) is 27.9. The van der Waals surface area contributed by atoms with Crippen LogP contribution in [0.3, 0.4) is 0 Å². The van der Waals surface area contributed by atoms with E-state index < -0.39 is 6.43 Å². The van der Waals surface area contributed by atoms with Gasteiger partial charge in [0.1, 0.15) is 6.07 Å². The number of anilines is 4. The molecule has 6 aliphatic heterocycles. The second-order valence-electron chi connectivity index (χ2n) is 23.7. The summed E-state index contributed by atoms with van der Waals surface area (Å²) in [6.45, 7) is 17.1. The number of likely N-dealkylation sites (tertiary alicyclic amines) is 2. The number of carbonyl (C=O) groups excluding carboxylic acids is 2. The molecule has 4 saturated heterocycles. The second-order valence-corrected chi connectivity index (χ2v) is 23.7. The number of aryl methyl sites for hydroxylation is 2. The number of aromatic nitrogens is 7. The highest BCUT2D eigenvalue weighted by Gasteiger charge is 2.45. The fourth-order valence-corrected chi connectivity index (χ4v) is 14.1. The summed E-state index contributed by atoms with van der Waals surface area (Å²) in [4.78, 5) is 44.8. The van der Waals surface area contributed by atoms with Crippen LogP contribution in [0.25, 0.3) is 22.0 Å². The molecule has 0 saturated carbocycles. The van der Waals surface area contributed by atoms with Gasteiger partial charge in [0.2, 0.25) is 5.91 Å². The van der Waals surface area contributed by atoms with Crippen molar-refractivity contribution in [3.63, 3.8) is 0 Å². The standard InChI is InChI=1S/C59H70F2N14O2/c1-38-30-59(37-74(38)50-12-10-41(31-62)54-45(50)9-6-20-63-54)18-26-70(27-19-59)53-13-11-49(65-66-53)57(77)72-24-14-43(58(3,4)36-72)34-69-22-15-44(16-23-69)75-51-17-25-71(39(2)76)35-48(51)56(67-75)73-21-7-8-40-28-46(42-32-64-68(5)33-42)47(55(60)61)29-52(40)73/h6,9-13,20,28-29,32-33,38,43-44,55H,7-8,14-19,21-27,30,34-37H2,1-5H3/t38-,43?/m0/s1. The van der Waals surface area contributed by atoms with Crippen LogP contribution < -0.4 is 14.7 Å². The van der Waals surface area contributed by atoms with Crippen LogP contribution in [0.1, 0.15) is 124 Å². The number of carbonyl (C=O) groups is 2. The Morgan fingerprint density at radius 2 is 1.73 bits per heavy atom. The van der Waals surface area contributed by atoms with Crippen LogP contribution in [0, 0.1) is 28.1 Å². The Labute approximate surface area is 449 Å². The molecule has 0 N–H and O–H groups in total. The van der Waals surface area contributed by atoms with Crippen molar-refractivity contribution >= 4 is 45.7 Å². The van der Waals surface area contributed by atoms with E-state index in [9.17, 15) is 23.6 Å². The predicted molar refractivity (Wildman–Crippen MR) is 292 cm³/mol. The monoisotopic (exact) mass is 1040 g/mol. The van der Waals surface area contributed by atoms with Crippen LogP contribution in [0.15, 0.2) is 67.1 Å². The normalized spacial score (nSPS) is 21.7. The van der Waals surface area contributed by atoms with Gasteiger partial charge in [-0.25, -0.2) is 8.78 Å². The smallest absolute Gasteiger partial charge is 0.274 e. The summed E-state index contributed by atoms with van der Waals surface area (Å²) in [6, 6.07) is 18.3. The quantitative estimate of drug-likeness (QED) is 0.136. The number of pyridine rings is 1. The van der Waals surface area contributed by atoms with Gasteiger partial charge in [-0.3, -0.25) is 23.9 Å². The summed E-state index contributed by atoms with van der Waals surface area (Å²) in [7, 11) is 1.79. The highest BCUT2D eigenvalue weighted by atomic mass is 19.3. The third-order valence-corrected chi connectivity index (χ3v) is 18.5. The lowest BCUT2D eigenvalue weighted by Crippen LogP contribution is -2.52. The minimum absolute atomic E-state index is 0.0146. The number of nitrogens with zero attached hydrogens (tertiary/aromatic N) is 14. The van der Waals surface area contributed by atoms with Crippen LogP contribution in [0.2, 0.25) is 0 Å². The molecule has 77 heavy (non-hydrogen) atoms. The van der Waals surface area contributed by atoms with E-state index in [0.29, 0.717) is 73.5 Å². The van der Waals surface area contributed by atoms with Crippen LogP contribution in [-0.2, 0) is 31.2 Å². The van der Waals surface area contributed by atoms with Crippen molar-refractivity contribution in [2.24, 2.45) is 23.8 Å². The molecule has 2 amide bonds. The molecule has 6 aliphatic rings. The maximum Gasteiger partial charge on any atom is 0.274 e. The maximum absolute atomic E-state index is 14.8. The molecule has 1 spiro atoms. The Hall–Kier alpha value is -7.00. The van der Waals surface area contributed by atoms with E-state index in [-0.39, 0.29) is 34.2 Å². The zero-order chi connectivity index (χ0) is 53.3. The molecule has 402 valence electrons. The number of nitriles is 1. The van der Waals surface area contributed by atoms with Crippen molar-refractivity contribution in [1.29, 1.82) is 5.26 Å². The lowest BCUT2D eigenvalue weighted by molar-refractivity contribution is -0.129. The molecule has 0 aliphatic carbocycles. The predicted octanol–water partition coefficient (Wildman–Crippen LogP) is 9.13. The van der Waals surface area contributed by atoms with Crippen molar-refractivity contribution in [2.75, 3.05) is 80.1 Å². The molecule has 10 heterocycles. The Bertz CT molecular complexity index is 3260. The van der Waals surface area contributed by atoms with Gasteiger partial charge in [-0.15, -0.1) is 10.2 Å². The van der Waals surface area contributed by atoms with Gasteiger partial charge in [-0.2, -0.15) is 15.5 Å². The zero-order valence-corrected chi connectivity index (χ0v) is 45.1. The number of hydrogen-bond donors (Lipinski definition) is 0. The lowest BCUT2D eigenvalue weighted by atomic mass is 9.73. The molecule has 0 bridgehead atoms. The second kappa shape index (κ2) is 20.1. The molecule has 2 aromatic carbocycles. The number of fused-ring (bicyclic) bond motifs is 3. The van der Waals surface area contributed by atoms with Crippen LogP contribution in [0.4, 0.5) is 31.8 Å². The highest BCUT2D eigenvalue weighted by molar-refractivity contribution is 5.95. The summed E-state index contributed by atoms with van der Waals surface area (Å²) in [6.07, 6.45) is 10.8. The molecular formula is C59H70F2N14O2. The fourth-order valence-electron chi connectivity index (χ4n) is 14.1. The first-order chi connectivity index (χ1) is 37.2. The Kier molecular flexibility index (Phi) is 13.3. The number of hydrogen-bond acceptors (Lipinski definition) is 12. The fraction of sp³-hybridized carbons (Fsp3) is 0.525. The number of benzene rings is 2. The van der Waals surface area contributed by atoms with E-state index >= 15 is 0 Å². The molecule has 1 unspecified atom stereocenters. The molecular weight excluding hydrogens is 975 g/mol. The SMILES string of the molecule is CC(=O)N1CCc2c(c(N3CCCc4cc(-c5cnn(C)c5)c(C(F)F)cc43)nn2C2CCN(CC3CCN(C(=O)c4ccc(N5CCC6(CC5)C[C@H](C)N(c5ccc(C#N)c7ncccc57)C6)nn4)CC3(C)C)CC2)C1. The van der Waals surface area contributed by atoms with Gasteiger partial charge in [0.05, 0.1) is 29.9 Å². The number of amides is 2.